The number of hydrogen-bond acceptors (Lipinski definition) is 5. The zero-order valence-corrected chi connectivity index (χ0v) is 10.6. The summed E-state index contributed by atoms with van der Waals surface area (Å²) in [4.78, 5) is 12.3. The fourth-order valence-electron chi connectivity index (χ4n) is 1.63. The number of aromatic nitrogens is 2. The molecule has 1 aliphatic carbocycles. The molecule has 0 radical (unpaired) electrons. The van der Waals surface area contributed by atoms with Gasteiger partial charge in [0.05, 0.1) is 12.1 Å². The highest BCUT2D eigenvalue weighted by atomic mass is 32.2. The quantitative estimate of drug-likeness (QED) is 0.931. The van der Waals surface area contributed by atoms with E-state index in [4.69, 9.17) is 4.42 Å². The van der Waals surface area contributed by atoms with E-state index >= 15 is 0 Å². The topological polar surface area (TPSA) is 68.0 Å². The molecule has 3 rings (SSSR count). The lowest BCUT2D eigenvalue weighted by Gasteiger charge is -2.01. The number of benzene rings is 1. The number of nitrogens with zero attached hydrogens (tertiary/aromatic N) is 2. The van der Waals surface area contributed by atoms with Crippen LogP contribution in [0.25, 0.3) is 0 Å². The summed E-state index contributed by atoms with van der Waals surface area (Å²) in [5.41, 5.74) is 0.342. The molecule has 1 N–H and O–H groups in total. The summed E-state index contributed by atoms with van der Waals surface area (Å²) in [5.74, 6) is 0.495. The molecule has 1 saturated carbocycles. The number of anilines is 1. The van der Waals surface area contributed by atoms with Crippen molar-refractivity contribution in [2.45, 2.75) is 23.7 Å². The van der Waals surface area contributed by atoms with E-state index in [-0.39, 0.29) is 18.2 Å². The molecular weight excluding hydrogens is 269 g/mol. The first-order valence-corrected chi connectivity index (χ1v) is 6.51. The standard InChI is InChI=1S/C12H10FN3O2S/c13-19-9-3-1-2-8(6-9)10(17)14-12-16-15-11(18-12)7-4-5-7/h1-3,6-7H,4-5H2,(H,14,16,17). The molecule has 2 aromatic rings. The van der Waals surface area contributed by atoms with Gasteiger partial charge in [-0.05, 0) is 31.0 Å². The molecule has 19 heavy (non-hydrogen) atoms. The molecule has 1 amide bonds. The molecule has 5 nitrogen and oxygen atoms in total. The molecule has 1 heterocycles. The molecule has 0 aliphatic heterocycles. The van der Waals surface area contributed by atoms with Crippen LogP contribution in [0.15, 0.2) is 33.6 Å². The minimum Gasteiger partial charge on any atom is -0.408 e. The van der Waals surface area contributed by atoms with E-state index in [1.807, 2.05) is 0 Å². The van der Waals surface area contributed by atoms with Gasteiger partial charge >= 0.3 is 6.01 Å². The highest BCUT2D eigenvalue weighted by Gasteiger charge is 2.29. The Labute approximate surface area is 112 Å². The fourth-order valence-corrected chi connectivity index (χ4v) is 1.94. The maximum atomic E-state index is 12.4. The third kappa shape index (κ3) is 2.76. The van der Waals surface area contributed by atoms with Gasteiger partial charge < -0.3 is 4.42 Å². The first kappa shape index (κ1) is 12.2. The second-order valence-corrected chi connectivity index (χ2v) is 4.90. The van der Waals surface area contributed by atoms with Crippen LogP contribution in [-0.2, 0) is 0 Å². The number of carbonyl (C=O) groups excluding carboxylic acids is 1. The second-order valence-electron chi connectivity index (χ2n) is 4.28. The van der Waals surface area contributed by atoms with E-state index in [2.05, 4.69) is 15.5 Å². The number of rotatable bonds is 4. The summed E-state index contributed by atoms with van der Waals surface area (Å²) >= 11 is 0.0916. The Morgan fingerprint density at radius 2 is 2.26 bits per heavy atom. The van der Waals surface area contributed by atoms with Gasteiger partial charge in [0.25, 0.3) is 5.91 Å². The zero-order chi connectivity index (χ0) is 13.2. The van der Waals surface area contributed by atoms with Crippen molar-refractivity contribution in [3.8, 4) is 0 Å². The predicted octanol–water partition coefficient (Wildman–Crippen LogP) is 3.18. The SMILES string of the molecule is O=C(Nc1nnc(C2CC2)o1)c1cccc(SF)c1. The van der Waals surface area contributed by atoms with Crippen LogP contribution in [0.3, 0.4) is 0 Å². The van der Waals surface area contributed by atoms with E-state index in [9.17, 15) is 8.68 Å². The Kier molecular flexibility index (Phi) is 3.20. The molecule has 1 aliphatic rings. The van der Waals surface area contributed by atoms with Crippen LogP contribution in [0.5, 0.6) is 0 Å². The number of nitrogens with one attached hydrogen (secondary N) is 1. The van der Waals surface area contributed by atoms with Crippen molar-refractivity contribution < 1.29 is 13.1 Å². The van der Waals surface area contributed by atoms with Crippen molar-refractivity contribution in [1.29, 1.82) is 0 Å². The third-order valence-corrected chi connectivity index (χ3v) is 3.21. The zero-order valence-electron chi connectivity index (χ0n) is 9.80. The average Bonchev–Trinajstić information content (AvgIpc) is 3.19. The summed E-state index contributed by atoms with van der Waals surface area (Å²) in [6.45, 7) is 0. The molecule has 1 aromatic heterocycles. The van der Waals surface area contributed by atoms with Crippen molar-refractivity contribution in [1.82, 2.24) is 10.2 Å². The van der Waals surface area contributed by atoms with Crippen molar-refractivity contribution >= 4 is 24.1 Å². The van der Waals surface area contributed by atoms with Gasteiger partial charge in [-0.3, -0.25) is 10.1 Å². The average molecular weight is 279 g/mol. The van der Waals surface area contributed by atoms with E-state index in [0.717, 1.165) is 12.8 Å². The Morgan fingerprint density at radius 3 is 3.00 bits per heavy atom. The van der Waals surface area contributed by atoms with Crippen LogP contribution < -0.4 is 5.32 Å². The number of carbonyl (C=O) groups is 1. The van der Waals surface area contributed by atoms with Gasteiger partial charge in [-0.2, -0.15) is 3.89 Å². The smallest absolute Gasteiger partial charge is 0.322 e. The Hall–Kier alpha value is -1.89. The van der Waals surface area contributed by atoms with Gasteiger partial charge in [0.1, 0.15) is 0 Å². The molecule has 0 atom stereocenters. The fraction of sp³-hybridized carbons (Fsp3) is 0.250. The molecular formula is C12H10FN3O2S. The lowest BCUT2D eigenvalue weighted by molar-refractivity contribution is 0.102. The molecule has 98 valence electrons. The minimum atomic E-state index is -0.401. The van der Waals surface area contributed by atoms with Gasteiger partial charge in [-0.15, -0.1) is 5.10 Å². The summed E-state index contributed by atoms with van der Waals surface area (Å²) in [6, 6.07) is 6.32. The van der Waals surface area contributed by atoms with E-state index in [1.54, 1.807) is 18.2 Å². The van der Waals surface area contributed by atoms with E-state index in [1.165, 1.54) is 6.07 Å². The van der Waals surface area contributed by atoms with Crippen molar-refractivity contribution in [2.75, 3.05) is 5.32 Å². The van der Waals surface area contributed by atoms with E-state index < -0.39 is 5.91 Å². The van der Waals surface area contributed by atoms with Gasteiger partial charge in [0, 0.05) is 16.4 Å². The second kappa shape index (κ2) is 5.00. The summed E-state index contributed by atoms with van der Waals surface area (Å²) in [6.07, 6.45) is 2.09. The first-order chi connectivity index (χ1) is 9.26. The van der Waals surface area contributed by atoms with Gasteiger partial charge in [0.15, 0.2) is 0 Å². The molecule has 1 aromatic carbocycles. The molecule has 0 spiro atoms. The maximum absolute atomic E-state index is 12.4. The van der Waals surface area contributed by atoms with Gasteiger partial charge in [-0.1, -0.05) is 11.2 Å². The lowest BCUT2D eigenvalue weighted by Crippen LogP contribution is -2.12. The van der Waals surface area contributed by atoms with Crippen LogP contribution >= 0.6 is 12.1 Å². The maximum Gasteiger partial charge on any atom is 0.322 e. The van der Waals surface area contributed by atoms with Crippen molar-refractivity contribution in [2.24, 2.45) is 0 Å². The van der Waals surface area contributed by atoms with Crippen molar-refractivity contribution in [3.05, 3.63) is 35.7 Å². The van der Waals surface area contributed by atoms with Crippen LogP contribution in [0.1, 0.15) is 35.0 Å². The van der Waals surface area contributed by atoms with Crippen molar-refractivity contribution in [3.63, 3.8) is 0 Å². The van der Waals surface area contributed by atoms with Gasteiger partial charge in [-0.25, -0.2) is 0 Å². The van der Waals surface area contributed by atoms with Crippen LogP contribution in [0.4, 0.5) is 9.90 Å². The normalized spacial score (nSPS) is 14.4. The highest BCUT2D eigenvalue weighted by Crippen LogP contribution is 2.39. The molecule has 1 fully saturated rings. The molecule has 0 saturated heterocycles. The third-order valence-electron chi connectivity index (χ3n) is 2.77. The monoisotopic (exact) mass is 279 g/mol. The summed E-state index contributed by atoms with van der Waals surface area (Å²) < 4.78 is 17.8. The van der Waals surface area contributed by atoms with E-state index in [0.29, 0.717) is 22.3 Å². The predicted molar refractivity (Wildman–Crippen MR) is 67.6 cm³/mol. The van der Waals surface area contributed by atoms with Gasteiger partial charge in [0.2, 0.25) is 5.89 Å². The number of halogens is 1. The van der Waals surface area contributed by atoms with Crippen LogP contribution in [0.2, 0.25) is 0 Å². The largest absolute Gasteiger partial charge is 0.408 e. The van der Waals surface area contributed by atoms with Crippen LogP contribution in [-0.4, -0.2) is 16.1 Å². The number of amides is 1. The Balaban J connectivity index is 1.72. The summed E-state index contributed by atoms with van der Waals surface area (Å²) in [7, 11) is 0. The first-order valence-electron chi connectivity index (χ1n) is 5.79. The molecule has 0 unspecified atom stereocenters. The molecule has 0 bridgehead atoms. The van der Waals surface area contributed by atoms with Crippen LogP contribution in [0, 0.1) is 0 Å². The minimum absolute atomic E-state index is 0.0743. The molecule has 7 heteroatoms. The Morgan fingerprint density at radius 1 is 1.42 bits per heavy atom. The lowest BCUT2D eigenvalue weighted by atomic mass is 10.2. The highest BCUT2D eigenvalue weighted by molar-refractivity contribution is 7.94. The summed E-state index contributed by atoms with van der Waals surface area (Å²) in [5, 5.41) is 10.1. The Bertz CT molecular complexity index is 613. The number of hydrogen-bond donors (Lipinski definition) is 1.